The number of rotatable bonds is 6. The molecule has 0 fully saturated rings. The first-order valence-corrected chi connectivity index (χ1v) is 5.25. The number of hydrogen-bond donors (Lipinski definition) is 2. The fourth-order valence-corrected chi connectivity index (χ4v) is 1.22. The lowest BCUT2D eigenvalue weighted by Crippen LogP contribution is -2.25. The molecule has 0 radical (unpaired) electrons. The van der Waals surface area contributed by atoms with E-state index in [1.165, 1.54) is 6.08 Å². The molecule has 0 aliphatic heterocycles. The molecule has 0 aliphatic rings. The van der Waals surface area contributed by atoms with Crippen LogP contribution >= 0.6 is 0 Å². The van der Waals surface area contributed by atoms with Gasteiger partial charge in [-0.3, -0.25) is 4.55 Å². The third-order valence-electron chi connectivity index (χ3n) is 1.38. The van der Waals surface area contributed by atoms with Gasteiger partial charge in [0.05, 0.1) is 12.7 Å². The highest BCUT2D eigenvalue weighted by Gasteiger charge is 2.22. The van der Waals surface area contributed by atoms with Crippen LogP contribution in [0.1, 0.15) is 13.3 Å². The van der Waals surface area contributed by atoms with Gasteiger partial charge >= 0.3 is 0 Å². The third-order valence-corrected chi connectivity index (χ3v) is 2.26. The van der Waals surface area contributed by atoms with Gasteiger partial charge in [0.2, 0.25) is 0 Å². The molecule has 0 aromatic carbocycles. The Morgan fingerprint density at radius 3 is 2.54 bits per heavy atom. The van der Waals surface area contributed by atoms with Crippen LogP contribution in [-0.2, 0) is 14.9 Å². The molecule has 0 rings (SSSR count). The van der Waals surface area contributed by atoms with Crippen molar-refractivity contribution in [3.8, 4) is 0 Å². The van der Waals surface area contributed by atoms with Gasteiger partial charge in [0.25, 0.3) is 10.1 Å². The van der Waals surface area contributed by atoms with Gasteiger partial charge in [-0.15, -0.1) is 6.58 Å². The summed E-state index contributed by atoms with van der Waals surface area (Å²) >= 11 is 0. The van der Waals surface area contributed by atoms with Crippen molar-refractivity contribution >= 4 is 10.1 Å². The van der Waals surface area contributed by atoms with Crippen LogP contribution in [-0.4, -0.2) is 36.2 Å². The smallest absolute Gasteiger partial charge is 0.292 e. The van der Waals surface area contributed by atoms with Gasteiger partial charge in [0.15, 0.2) is 5.44 Å². The largest absolute Gasteiger partial charge is 0.375 e. The van der Waals surface area contributed by atoms with Crippen molar-refractivity contribution in [1.29, 1.82) is 0 Å². The first-order valence-electron chi connectivity index (χ1n) is 3.74. The first-order chi connectivity index (χ1) is 5.88. The SMILES string of the molecule is C=CCOC(C)CC(O)S(=O)(=O)O. The van der Waals surface area contributed by atoms with Gasteiger partial charge in [-0.05, 0) is 6.92 Å². The second-order valence-corrected chi connectivity index (χ2v) is 4.21. The second-order valence-electron chi connectivity index (χ2n) is 2.64. The average Bonchev–Trinajstić information content (AvgIpc) is 1.99. The molecule has 0 aromatic rings. The van der Waals surface area contributed by atoms with Gasteiger partial charge in [0.1, 0.15) is 0 Å². The Balaban J connectivity index is 3.92. The van der Waals surface area contributed by atoms with Crippen LogP contribution in [0.3, 0.4) is 0 Å². The number of aliphatic hydroxyl groups excluding tert-OH is 1. The standard InChI is InChI=1S/C7H14O5S/c1-3-4-12-6(2)5-7(8)13(9,10)11/h3,6-8H,1,4-5H2,2H3,(H,9,10,11). The molecule has 0 bridgehead atoms. The molecular weight excluding hydrogens is 196 g/mol. The lowest BCUT2D eigenvalue weighted by atomic mass is 10.3. The predicted molar refractivity (Wildman–Crippen MR) is 47.8 cm³/mol. The Kier molecular flexibility index (Phi) is 5.16. The minimum Gasteiger partial charge on any atom is -0.375 e. The van der Waals surface area contributed by atoms with E-state index in [0.29, 0.717) is 0 Å². The van der Waals surface area contributed by atoms with E-state index in [1.807, 2.05) is 0 Å². The molecular formula is C7H14O5S. The summed E-state index contributed by atoms with van der Waals surface area (Å²) in [6.07, 6.45) is 0.901. The zero-order chi connectivity index (χ0) is 10.5. The summed E-state index contributed by atoms with van der Waals surface area (Å²) in [6.45, 7) is 5.28. The number of aliphatic hydroxyl groups is 1. The molecule has 6 heteroatoms. The van der Waals surface area contributed by atoms with Crippen LogP contribution < -0.4 is 0 Å². The van der Waals surface area contributed by atoms with Crippen molar-refractivity contribution in [3.63, 3.8) is 0 Å². The Hall–Kier alpha value is -0.430. The summed E-state index contributed by atoms with van der Waals surface area (Å²) in [5.41, 5.74) is -1.78. The minimum absolute atomic E-state index is 0.160. The zero-order valence-corrected chi connectivity index (χ0v) is 8.20. The van der Waals surface area contributed by atoms with Gasteiger partial charge in [-0.2, -0.15) is 8.42 Å². The number of hydrogen-bond acceptors (Lipinski definition) is 4. The molecule has 0 heterocycles. The van der Waals surface area contributed by atoms with E-state index in [0.717, 1.165) is 0 Å². The topological polar surface area (TPSA) is 83.8 Å². The van der Waals surface area contributed by atoms with E-state index in [2.05, 4.69) is 6.58 Å². The Bertz CT molecular complexity index is 246. The molecule has 2 atom stereocenters. The molecule has 0 saturated carbocycles. The molecule has 5 nitrogen and oxygen atoms in total. The van der Waals surface area contributed by atoms with Crippen molar-refractivity contribution in [1.82, 2.24) is 0 Å². The Labute approximate surface area is 77.8 Å². The van der Waals surface area contributed by atoms with Gasteiger partial charge in [-0.25, -0.2) is 0 Å². The fourth-order valence-electron chi connectivity index (χ4n) is 0.706. The van der Waals surface area contributed by atoms with Crippen LogP contribution in [0.5, 0.6) is 0 Å². The highest BCUT2D eigenvalue weighted by Crippen LogP contribution is 2.06. The van der Waals surface area contributed by atoms with Crippen LogP contribution in [0.15, 0.2) is 12.7 Å². The van der Waals surface area contributed by atoms with Crippen molar-refractivity contribution in [2.24, 2.45) is 0 Å². The van der Waals surface area contributed by atoms with E-state index < -0.39 is 21.7 Å². The Morgan fingerprint density at radius 1 is 1.62 bits per heavy atom. The molecule has 2 N–H and O–H groups in total. The van der Waals surface area contributed by atoms with E-state index in [1.54, 1.807) is 6.92 Å². The first kappa shape index (κ1) is 12.6. The summed E-state index contributed by atoms with van der Waals surface area (Å²) in [4.78, 5) is 0. The quantitative estimate of drug-likeness (QED) is 0.482. The van der Waals surface area contributed by atoms with Crippen molar-refractivity contribution in [3.05, 3.63) is 12.7 Å². The maximum absolute atomic E-state index is 10.4. The summed E-state index contributed by atoms with van der Waals surface area (Å²) in [5.74, 6) is 0. The summed E-state index contributed by atoms with van der Waals surface area (Å²) in [7, 11) is -4.37. The molecule has 0 spiro atoms. The molecule has 2 unspecified atom stereocenters. The summed E-state index contributed by atoms with van der Waals surface area (Å²) < 4.78 is 34.2. The van der Waals surface area contributed by atoms with E-state index in [4.69, 9.17) is 14.4 Å². The molecule has 13 heavy (non-hydrogen) atoms. The summed E-state index contributed by atoms with van der Waals surface area (Å²) in [5, 5.41) is 8.91. The molecule has 0 aromatic heterocycles. The molecule has 0 amide bonds. The second kappa shape index (κ2) is 5.33. The molecule has 0 saturated heterocycles. The lowest BCUT2D eigenvalue weighted by molar-refractivity contribution is 0.0567. The monoisotopic (exact) mass is 210 g/mol. The lowest BCUT2D eigenvalue weighted by Gasteiger charge is -2.13. The highest BCUT2D eigenvalue weighted by molar-refractivity contribution is 7.86. The minimum atomic E-state index is -4.37. The van der Waals surface area contributed by atoms with Crippen LogP contribution in [0.4, 0.5) is 0 Å². The average molecular weight is 210 g/mol. The van der Waals surface area contributed by atoms with Crippen LogP contribution in [0.2, 0.25) is 0 Å². The van der Waals surface area contributed by atoms with Crippen LogP contribution in [0, 0.1) is 0 Å². The number of ether oxygens (including phenoxy) is 1. The zero-order valence-electron chi connectivity index (χ0n) is 7.38. The van der Waals surface area contributed by atoms with E-state index >= 15 is 0 Å². The van der Waals surface area contributed by atoms with Crippen LogP contribution in [0.25, 0.3) is 0 Å². The van der Waals surface area contributed by atoms with E-state index in [-0.39, 0.29) is 13.0 Å². The van der Waals surface area contributed by atoms with Crippen molar-refractivity contribution in [2.45, 2.75) is 24.9 Å². The molecule has 0 aliphatic carbocycles. The summed E-state index contributed by atoms with van der Waals surface area (Å²) in [6, 6.07) is 0. The normalized spacial score (nSPS) is 16.5. The van der Waals surface area contributed by atoms with Gasteiger partial charge in [-0.1, -0.05) is 6.08 Å². The Morgan fingerprint density at radius 2 is 2.15 bits per heavy atom. The van der Waals surface area contributed by atoms with Crippen molar-refractivity contribution in [2.75, 3.05) is 6.61 Å². The van der Waals surface area contributed by atoms with E-state index in [9.17, 15) is 8.42 Å². The third kappa shape index (κ3) is 5.75. The maximum atomic E-state index is 10.4. The van der Waals surface area contributed by atoms with Gasteiger partial charge in [0, 0.05) is 6.42 Å². The maximum Gasteiger partial charge on any atom is 0.292 e. The van der Waals surface area contributed by atoms with Crippen molar-refractivity contribution < 1.29 is 22.8 Å². The molecule has 78 valence electrons. The fraction of sp³-hybridized carbons (Fsp3) is 0.714. The van der Waals surface area contributed by atoms with Gasteiger partial charge < -0.3 is 9.84 Å². The predicted octanol–water partition coefficient (Wildman–Crippen LogP) is 0.174. The highest BCUT2D eigenvalue weighted by atomic mass is 32.2.